The zero-order chi connectivity index (χ0) is 16.6. The number of benzene rings is 2. The van der Waals surface area contributed by atoms with Gasteiger partial charge in [-0.1, -0.05) is 42.5 Å². The summed E-state index contributed by atoms with van der Waals surface area (Å²) in [6, 6.07) is 24.1. The van der Waals surface area contributed by atoms with Crippen LogP contribution >= 0.6 is 0 Å². The molecule has 0 saturated heterocycles. The Hall–Kier alpha value is -3.47. The van der Waals surface area contributed by atoms with Gasteiger partial charge in [0.25, 0.3) is 5.91 Å². The zero-order valence-corrected chi connectivity index (χ0v) is 12.9. The lowest BCUT2D eigenvalue weighted by Crippen LogP contribution is -2.29. The van der Waals surface area contributed by atoms with Crippen LogP contribution in [0.4, 0.5) is 17.2 Å². The number of hydrogen-bond donors (Lipinski definition) is 2. The molecule has 0 fully saturated rings. The molecule has 0 aliphatic heterocycles. The normalized spacial score (nSPS) is 10.9. The maximum absolute atomic E-state index is 12.6. The Kier molecular flexibility index (Phi) is 4.94. The van der Waals surface area contributed by atoms with Crippen LogP contribution in [0.15, 0.2) is 90.1 Å². The van der Waals surface area contributed by atoms with Crippen molar-refractivity contribution in [2.75, 3.05) is 10.6 Å². The van der Waals surface area contributed by atoms with Crippen LogP contribution in [-0.2, 0) is 4.79 Å². The third kappa shape index (κ3) is 4.27. The minimum absolute atomic E-state index is 0.193. The molecule has 1 aromatic heterocycles. The molecule has 0 saturated carbocycles. The largest absolute Gasteiger partial charge is 0.336 e. The van der Waals surface area contributed by atoms with E-state index in [0.29, 0.717) is 11.5 Å². The number of pyridine rings is 1. The highest BCUT2D eigenvalue weighted by atomic mass is 16.2. The van der Waals surface area contributed by atoms with Gasteiger partial charge in [-0.05, 0) is 36.4 Å². The lowest BCUT2D eigenvalue weighted by molar-refractivity contribution is -0.110. The van der Waals surface area contributed by atoms with Gasteiger partial charge in [-0.3, -0.25) is 4.79 Å². The van der Waals surface area contributed by atoms with E-state index in [0.717, 1.165) is 5.69 Å². The number of aromatic nitrogens is 1. The van der Waals surface area contributed by atoms with E-state index in [1.807, 2.05) is 60.7 Å². The predicted molar refractivity (Wildman–Crippen MR) is 96.5 cm³/mol. The number of para-hydroxylation sites is 2. The Morgan fingerprint density at radius 2 is 1.46 bits per heavy atom. The van der Waals surface area contributed by atoms with Crippen molar-refractivity contribution in [3.8, 4) is 0 Å². The SMILES string of the molecule is O=C(Nc1ccccn1)C(=Nc1ccccc1)Nc1ccccc1. The fraction of sp³-hybridized carbons (Fsp3) is 0. The van der Waals surface area contributed by atoms with Gasteiger partial charge in [-0.25, -0.2) is 9.98 Å². The standard InChI is InChI=1S/C19H16N4O/c24-19(23-17-13-7-8-14-20-17)18(21-15-9-3-1-4-10-15)22-16-11-5-2-6-12-16/h1-14H,(H,21,22)(H,20,23,24). The van der Waals surface area contributed by atoms with Gasteiger partial charge in [0.2, 0.25) is 0 Å². The lowest BCUT2D eigenvalue weighted by atomic mass is 10.3. The number of nitrogens with one attached hydrogen (secondary N) is 2. The first-order valence-corrected chi connectivity index (χ1v) is 7.49. The summed E-state index contributed by atoms with van der Waals surface area (Å²) < 4.78 is 0. The van der Waals surface area contributed by atoms with Crippen molar-refractivity contribution in [2.45, 2.75) is 0 Å². The molecule has 3 aromatic rings. The summed E-state index contributed by atoms with van der Waals surface area (Å²) in [6.45, 7) is 0. The summed E-state index contributed by atoms with van der Waals surface area (Å²) in [4.78, 5) is 21.1. The van der Waals surface area contributed by atoms with Gasteiger partial charge in [-0.15, -0.1) is 0 Å². The molecule has 2 aromatic carbocycles. The second kappa shape index (κ2) is 7.69. The highest BCUT2D eigenvalue weighted by Crippen LogP contribution is 2.13. The molecule has 24 heavy (non-hydrogen) atoms. The smallest absolute Gasteiger partial charge is 0.292 e. The number of nitrogens with zero attached hydrogens (tertiary/aromatic N) is 2. The first kappa shape index (κ1) is 15.4. The molecular formula is C19H16N4O. The second-order valence-corrected chi connectivity index (χ2v) is 4.96. The number of amides is 1. The van der Waals surface area contributed by atoms with E-state index in [1.165, 1.54) is 0 Å². The minimum atomic E-state index is -0.360. The van der Waals surface area contributed by atoms with Crippen LogP contribution in [0.1, 0.15) is 0 Å². The predicted octanol–water partition coefficient (Wildman–Crippen LogP) is 3.86. The van der Waals surface area contributed by atoms with E-state index in [9.17, 15) is 4.79 Å². The van der Waals surface area contributed by atoms with Crippen molar-refractivity contribution < 1.29 is 4.79 Å². The fourth-order valence-corrected chi connectivity index (χ4v) is 2.04. The Balaban J connectivity index is 1.86. The molecule has 0 unspecified atom stereocenters. The van der Waals surface area contributed by atoms with Gasteiger partial charge in [0, 0.05) is 11.9 Å². The third-order valence-electron chi connectivity index (χ3n) is 3.16. The maximum Gasteiger partial charge on any atom is 0.292 e. The molecule has 0 radical (unpaired) electrons. The van der Waals surface area contributed by atoms with Crippen LogP contribution < -0.4 is 10.6 Å². The third-order valence-corrected chi connectivity index (χ3v) is 3.16. The number of hydrogen-bond acceptors (Lipinski definition) is 3. The first-order chi connectivity index (χ1) is 11.8. The molecule has 0 aliphatic carbocycles. The van der Waals surface area contributed by atoms with Crippen molar-refractivity contribution >= 4 is 28.9 Å². The molecule has 5 heteroatoms. The Morgan fingerprint density at radius 1 is 0.792 bits per heavy atom. The van der Waals surface area contributed by atoms with Crippen LogP contribution in [0.3, 0.4) is 0 Å². The van der Waals surface area contributed by atoms with Crippen molar-refractivity contribution in [3.05, 3.63) is 85.1 Å². The van der Waals surface area contributed by atoms with Crippen LogP contribution in [0.25, 0.3) is 0 Å². The molecule has 0 spiro atoms. The average Bonchev–Trinajstić information content (AvgIpc) is 2.64. The van der Waals surface area contributed by atoms with E-state index in [4.69, 9.17) is 0 Å². The second-order valence-electron chi connectivity index (χ2n) is 4.96. The van der Waals surface area contributed by atoms with Gasteiger partial charge >= 0.3 is 0 Å². The molecule has 0 atom stereocenters. The van der Waals surface area contributed by atoms with Crippen molar-refractivity contribution in [1.29, 1.82) is 0 Å². The minimum Gasteiger partial charge on any atom is -0.336 e. The highest BCUT2D eigenvalue weighted by Gasteiger charge is 2.13. The quantitative estimate of drug-likeness (QED) is 0.569. The Bertz CT molecular complexity index is 818. The zero-order valence-electron chi connectivity index (χ0n) is 12.9. The monoisotopic (exact) mass is 316 g/mol. The highest BCUT2D eigenvalue weighted by molar-refractivity contribution is 6.46. The van der Waals surface area contributed by atoms with E-state index >= 15 is 0 Å². The van der Waals surface area contributed by atoms with Crippen molar-refractivity contribution in [2.24, 2.45) is 4.99 Å². The molecule has 3 rings (SSSR count). The molecule has 0 bridgehead atoms. The molecule has 1 heterocycles. The number of carbonyl (C=O) groups excluding carboxylic acids is 1. The van der Waals surface area contributed by atoms with Gasteiger partial charge < -0.3 is 10.6 Å². The number of amidine groups is 1. The Morgan fingerprint density at radius 3 is 2.12 bits per heavy atom. The van der Waals surface area contributed by atoms with Gasteiger partial charge in [0.05, 0.1) is 5.69 Å². The summed E-state index contributed by atoms with van der Waals surface area (Å²) in [7, 11) is 0. The topological polar surface area (TPSA) is 66.4 Å². The lowest BCUT2D eigenvalue weighted by Gasteiger charge is -2.10. The molecule has 5 nitrogen and oxygen atoms in total. The number of anilines is 2. The van der Waals surface area contributed by atoms with Gasteiger partial charge in [0.1, 0.15) is 5.82 Å². The van der Waals surface area contributed by atoms with E-state index in [1.54, 1.807) is 24.4 Å². The van der Waals surface area contributed by atoms with Crippen molar-refractivity contribution in [1.82, 2.24) is 4.98 Å². The summed E-state index contributed by atoms with van der Waals surface area (Å²) in [6.07, 6.45) is 1.62. The Labute approximate surface area is 140 Å². The van der Waals surface area contributed by atoms with Crippen LogP contribution in [-0.4, -0.2) is 16.7 Å². The van der Waals surface area contributed by atoms with Crippen LogP contribution in [0, 0.1) is 0 Å². The molecule has 118 valence electrons. The average molecular weight is 316 g/mol. The molecule has 2 N–H and O–H groups in total. The maximum atomic E-state index is 12.6. The summed E-state index contributed by atoms with van der Waals surface area (Å²) in [5, 5.41) is 5.80. The van der Waals surface area contributed by atoms with Crippen molar-refractivity contribution in [3.63, 3.8) is 0 Å². The summed E-state index contributed by atoms with van der Waals surface area (Å²) >= 11 is 0. The number of carbonyl (C=O) groups is 1. The summed E-state index contributed by atoms with van der Waals surface area (Å²) in [5.41, 5.74) is 1.47. The molecular weight excluding hydrogens is 300 g/mol. The van der Waals surface area contributed by atoms with Crippen LogP contribution in [0.2, 0.25) is 0 Å². The van der Waals surface area contributed by atoms with Crippen LogP contribution in [0.5, 0.6) is 0 Å². The number of rotatable bonds is 3. The number of aliphatic imine (C=N–C) groups is 1. The summed E-state index contributed by atoms with van der Waals surface area (Å²) in [5.74, 6) is 0.303. The molecule has 1 amide bonds. The molecule has 0 aliphatic rings. The first-order valence-electron chi connectivity index (χ1n) is 7.49. The fourth-order valence-electron chi connectivity index (χ4n) is 2.04. The van der Waals surface area contributed by atoms with Gasteiger partial charge in [-0.2, -0.15) is 0 Å². The van der Waals surface area contributed by atoms with Gasteiger partial charge in [0.15, 0.2) is 5.84 Å². The van der Waals surface area contributed by atoms with E-state index in [2.05, 4.69) is 20.6 Å². The van der Waals surface area contributed by atoms with E-state index in [-0.39, 0.29) is 11.7 Å². The van der Waals surface area contributed by atoms with E-state index < -0.39 is 0 Å².